The third-order valence-corrected chi connectivity index (χ3v) is 3.38. The molecule has 0 radical (unpaired) electrons. The Morgan fingerprint density at radius 1 is 1.44 bits per heavy atom. The zero-order valence-electron chi connectivity index (χ0n) is 9.83. The van der Waals surface area contributed by atoms with Gasteiger partial charge in [-0.15, -0.1) is 0 Å². The van der Waals surface area contributed by atoms with Crippen LogP contribution in [-0.2, 0) is 0 Å². The lowest BCUT2D eigenvalue weighted by Crippen LogP contribution is -2.12. The zero-order chi connectivity index (χ0) is 11.5. The molecule has 1 fully saturated rings. The summed E-state index contributed by atoms with van der Waals surface area (Å²) in [5.41, 5.74) is 0. The number of halogens is 1. The molecule has 2 atom stereocenters. The predicted molar refractivity (Wildman–Crippen MR) is 66.8 cm³/mol. The lowest BCUT2D eigenvalue weighted by Gasteiger charge is -2.11. The highest BCUT2D eigenvalue weighted by molar-refractivity contribution is 6.29. The van der Waals surface area contributed by atoms with Gasteiger partial charge in [-0.05, 0) is 31.6 Å². The quantitative estimate of drug-likeness (QED) is 0.823. The molecule has 1 saturated carbocycles. The fourth-order valence-corrected chi connectivity index (χ4v) is 2.61. The number of nitrogens with one attached hydrogen (secondary N) is 1. The van der Waals surface area contributed by atoms with Crippen molar-refractivity contribution in [2.45, 2.75) is 33.1 Å². The van der Waals surface area contributed by atoms with Gasteiger partial charge in [-0.2, -0.15) is 0 Å². The molecule has 0 aliphatic heterocycles. The Hall–Kier alpha value is -0.830. The second kappa shape index (κ2) is 5.00. The van der Waals surface area contributed by atoms with E-state index in [1.807, 2.05) is 6.92 Å². The number of anilines is 1. The normalized spacial score (nSPS) is 24.7. The molecule has 88 valence electrons. The lowest BCUT2D eigenvalue weighted by atomic mass is 10.1. The first kappa shape index (κ1) is 11.6. The SMILES string of the molecule is Cc1nc(Cl)cc(NCC2CCC(C)C2)n1. The molecule has 0 amide bonds. The first-order valence-electron chi connectivity index (χ1n) is 5.88. The summed E-state index contributed by atoms with van der Waals surface area (Å²) in [7, 11) is 0. The number of rotatable bonds is 3. The van der Waals surface area contributed by atoms with Gasteiger partial charge in [0.1, 0.15) is 16.8 Å². The highest BCUT2D eigenvalue weighted by Crippen LogP contribution is 2.30. The van der Waals surface area contributed by atoms with Crippen LogP contribution < -0.4 is 5.32 Å². The second-order valence-electron chi connectivity index (χ2n) is 4.79. The second-order valence-corrected chi connectivity index (χ2v) is 5.18. The summed E-state index contributed by atoms with van der Waals surface area (Å²) >= 11 is 5.88. The Kier molecular flexibility index (Phi) is 3.64. The van der Waals surface area contributed by atoms with E-state index in [9.17, 15) is 0 Å². The molecular formula is C12H18ClN3. The van der Waals surface area contributed by atoms with Crippen molar-refractivity contribution < 1.29 is 0 Å². The van der Waals surface area contributed by atoms with Gasteiger partial charge in [0.2, 0.25) is 0 Å². The van der Waals surface area contributed by atoms with E-state index in [2.05, 4.69) is 22.2 Å². The van der Waals surface area contributed by atoms with Gasteiger partial charge in [-0.1, -0.05) is 24.9 Å². The molecule has 1 heterocycles. The topological polar surface area (TPSA) is 37.8 Å². The molecular weight excluding hydrogens is 222 g/mol. The molecule has 4 heteroatoms. The van der Waals surface area contributed by atoms with Crippen molar-refractivity contribution in [3.05, 3.63) is 17.0 Å². The summed E-state index contributed by atoms with van der Waals surface area (Å²) in [4.78, 5) is 8.35. The highest BCUT2D eigenvalue weighted by Gasteiger charge is 2.20. The molecule has 1 N–H and O–H groups in total. The van der Waals surface area contributed by atoms with Crippen molar-refractivity contribution in [3.63, 3.8) is 0 Å². The zero-order valence-corrected chi connectivity index (χ0v) is 10.6. The van der Waals surface area contributed by atoms with E-state index in [1.54, 1.807) is 6.07 Å². The molecule has 0 aromatic carbocycles. The number of hydrogen-bond donors (Lipinski definition) is 1. The molecule has 16 heavy (non-hydrogen) atoms. The molecule has 1 aromatic heterocycles. The van der Waals surface area contributed by atoms with Crippen LogP contribution in [-0.4, -0.2) is 16.5 Å². The summed E-state index contributed by atoms with van der Waals surface area (Å²) in [6, 6.07) is 1.78. The van der Waals surface area contributed by atoms with Crippen LogP contribution in [0, 0.1) is 18.8 Å². The maximum absolute atomic E-state index is 5.88. The van der Waals surface area contributed by atoms with Crippen molar-refractivity contribution in [2.24, 2.45) is 11.8 Å². The van der Waals surface area contributed by atoms with Crippen molar-refractivity contribution in [1.29, 1.82) is 0 Å². The molecule has 0 bridgehead atoms. The average molecular weight is 240 g/mol. The Bertz CT molecular complexity index is 347. The van der Waals surface area contributed by atoms with Gasteiger partial charge < -0.3 is 5.32 Å². The largest absolute Gasteiger partial charge is 0.370 e. The van der Waals surface area contributed by atoms with E-state index in [-0.39, 0.29) is 0 Å². The lowest BCUT2D eigenvalue weighted by molar-refractivity contribution is 0.536. The fourth-order valence-electron chi connectivity index (χ4n) is 2.38. The minimum Gasteiger partial charge on any atom is -0.370 e. The van der Waals surface area contributed by atoms with Crippen LogP contribution in [0.2, 0.25) is 5.15 Å². The van der Waals surface area contributed by atoms with Gasteiger partial charge in [0.15, 0.2) is 0 Å². The molecule has 1 aliphatic carbocycles. The van der Waals surface area contributed by atoms with Crippen LogP contribution >= 0.6 is 11.6 Å². The molecule has 1 aromatic rings. The highest BCUT2D eigenvalue weighted by atomic mass is 35.5. The number of nitrogens with zero attached hydrogens (tertiary/aromatic N) is 2. The molecule has 2 unspecified atom stereocenters. The minimum absolute atomic E-state index is 0.509. The first-order chi connectivity index (χ1) is 7.63. The molecule has 0 spiro atoms. The molecule has 0 saturated heterocycles. The van der Waals surface area contributed by atoms with E-state index in [4.69, 9.17) is 11.6 Å². The van der Waals surface area contributed by atoms with Crippen molar-refractivity contribution in [1.82, 2.24) is 9.97 Å². The maximum Gasteiger partial charge on any atom is 0.134 e. The van der Waals surface area contributed by atoms with Crippen LogP contribution in [0.4, 0.5) is 5.82 Å². The van der Waals surface area contributed by atoms with Gasteiger partial charge in [0, 0.05) is 12.6 Å². The van der Waals surface area contributed by atoms with Crippen LogP contribution in [0.15, 0.2) is 6.07 Å². The van der Waals surface area contributed by atoms with Crippen molar-refractivity contribution in [2.75, 3.05) is 11.9 Å². The van der Waals surface area contributed by atoms with Crippen LogP contribution in [0.5, 0.6) is 0 Å². The van der Waals surface area contributed by atoms with Crippen molar-refractivity contribution >= 4 is 17.4 Å². The van der Waals surface area contributed by atoms with E-state index in [0.717, 1.165) is 30.0 Å². The van der Waals surface area contributed by atoms with Crippen LogP contribution in [0.1, 0.15) is 32.0 Å². The third kappa shape index (κ3) is 3.08. The number of aryl methyl sites for hydroxylation is 1. The van der Waals surface area contributed by atoms with E-state index >= 15 is 0 Å². The molecule has 1 aliphatic rings. The number of hydrogen-bond acceptors (Lipinski definition) is 3. The van der Waals surface area contributed by atoms with Gasteiger partial charge in [0.25, 0.3) is 0 Å². The summed E-state index contributed by atoms with van der Waals surface area (Å²) in [6.07, 6.45) is 4.01. The van der Waals surface area contributed by atoms with Gasteiger partial charge in [-0.25, -0.2) is 9.97 Å². The maximum atomic E-state index is 5.88. The van der Waals surface area contributed by atoms with Gasteiger partial charge in [-0.3, -0.25) is 0 Å². The van der Waals surface area contributed by atoms with E-state index < -0.39 is 0 Å². The van der Waals surface area contributed by atoms with E-state index in [0.29, 0.717) is 5.15 Å². The average Bonchev–Trinajstić information content (AvgIpc) is 2.60. The summed E-state index contributed by atoms with van der Waals surface area (Å²) < 4.78 is 0. The van der Waals surface area contributed by atoms with Crippen LogP contribution in [0.25, 0.3) is 0 Å². The van der Waals surface area contributed by atoms with Gasteiger partial charge >= 0.3 is 0 Å². The molecule has 2 rings (SSSR count). The van der Waals surface area contributed by atoms with E-state index in [1.165, 1.54) is 19.3 Å². The summed E-state index contributed by atoms with van der Waals surface area (Å²) in [6.45, 7) is 5.18. The summed E-state index contributed by atoms with van der Waals surface area (Å²) in [5, 5.41) is 3.86. The Morgan fingerprint density at radius 3 is 2.88 bits per heavy atom. The fraction of sp³-hybridized carbons (Fsp3) is 0.667. The Morgan fingerprint density at radius 2 is 2.25 bits per heavy atom. The minimum atomic E-state index is 0.509. The number of aromatic nitrogens is 2. The van der Waals surface area contributed by atoms with Gasteiger partial charge in [0.05, 0.1) is 0 Å². The van der Waals surface area contributed by atoms with Crippen LogP contribution in [0.3, 0.4) is 0 Å². The Labute approximate surface area is 102 Å². The monoisotopic (exact) mass is 239 g/mol. The molecule has 3 nitrogen and oxygen atoms in total. The summed E-state index contributed by atoms with van der Waals surface area (Å²) in [5.74, 6) is 3.22. The smallest absolute Gasteiger partial charge is 0.134 e. The first-order valence-corrected chi connectivity index (χ1v) is 6.26. The van der Waals surface area contributed by atoms with Crippen molar-refractivity contribution in [3.8, 4) is 0 Å². The standard InChI is InChI=1S/C12H18ClN3/c1-8-3-4-10(5-8)7-14-12-6-11(13)15-9(2)16-12/h6,8,10H,3-5,7H2,1-2H3,(H,14,15,16). The third-order valence-electron chi connectivity index (χ3n) is 3.18. The Balaban J connectivity index is 1.89. The predicted octanol–water partition coefficient (Wildman–Crippen LogP) is 3.29.